The Labute approximate surface area is 188 Å². The van der Waals surface area contributed by atoms with Crippen LogP contribution in [-0.4, -0.2) is 66.0 Å². The van der Waals surface area contributed by atoms with E-state index in [0.717, 1.165) is 12.8 Å². The van der Waals surface area contributed by atoms with Crippen molar-refractivity contribution in [1.82, 2.24) is 10.6 Å². The summed E-state index contributed by atoms with van der Waals surface area (Å²) in [4.78, 5) is 44.4. The highest BCUT2D eigenvalue weighted by molar-refractivity contribution is 5.91. The van der Waals surface area contributed by atoms with Crippen molar-refractivity contribution < 1.29 is 19.5 Å². The highest BCUT2D eigenvalue weighted by atomic mass is 16.4. The fraction of sp³-hybridized carbons (Fsp3) is 0.737. The molecule has 0 aromatic rings. The molecule has 3 atom stereocenters. The van der Waals surface area contributed by atoms with Crippen molar-refractivity contribution in [1.29, 1.82) is 0 Å². The molecule has 0 bridgehead atoms. The summed E-state index contributed by atoms with van der Waals surface area (Å²) in [5.41, 5.74) is 27.0. The number of aliphatic carboxylic acids is 1. The van der Waals surface area contributed by atoms with Gasteiger partial charge in [-0.3, -0.25) is 19.6 Å². The van der Waals surface area contributed by atoms with Gasteiger partial charge in [0, 0.05) is 13.1 Å². The van der Waals surface area contributed by atoms with Gasteiger partial charge in [-0.2, -0.15) is 0 Å². The summed E-state index contributed by atoms with van der Waals surface area (Å²) >= 11 is 0. The quantitative estimate of drug-likeness (QED) is 0.0685. The number of amides is 2. The molecule has 0 saturated heterocycles. The second kappa shape index (κ2) is 16.6. The van der Waals surface area contributed by atoms with Crippen LogP contribution in [0.4, 0.5) is 0 Å². The first-order chi connectivity index (χ1) is 15.1. The number of hydrogen-bond acceptors (Lipinski definition) is 6. The van der Waals surface area contributed by atoms with E-state index in [-0.39, 0.29) is 31.3 Å². The lowest BCUT2D eigenvalue weighted by molar-refractivity contribution is -0.142. The first kappa shape index (κ1) is 28.9. The first-order valence-corrected chi connectivity index (χ1v) is 10.8. The summed E-state index contributed by atoms with van der Waals surface area (Å²) in [5, 5.41) is 14.6. The lowest BCUT2D eigenvalue weighted by Gasteiger charge is -2.23. The minimum absolute atomic E-state index is 0.0375. The Morgan fingerprint density at radius 2 is 1.31 bits per heavy atom. The molecule has 0 rings (SSSR count). The number of carbonyl (C=O) groups is 3. The number of rotatable bonds is 17. The van der Waals surface area contributed by atoms with Crippen LogP contribution >= 0.6 is 0 Å². The van der Waals surface area contributed by atoms with E-state index < -0.39 is 35.9 Å². The number of carbonyl (C=O) groups excluding carboxylic acids is 2. The first-order valence-electron chi connectivity index (χ1n) is 10.8. The highest BCUT2D eigenvalue weighted by Gasteiger charge is 2.27. The maximum Gasteiger partial charge on any atom is 0.326 e. The molecule has 0 fully saturated rings. The maximum atomic E-state index is 12.8. The van der Waals surface area contributed by atoms with Gasteiger partial charge in [0.2, 0.25) is 11.8 Å². The van der Waals surface area contributed by atoms with Gasteiger partial charge in [-0.05, 0) is 38.5 Å². The molecule has 0 aliphatic rings. The summed E-state index contributed by atoms with van der Waals surface area (Å²) in [7, 11) is 0. The van der Waals surface area contributed by atoms with E-state index in [2.05, 4.69) is 20.6 Å². The van der Waals surface area contributed by atoms with E-state index in [9.17, 15) is 19.5 Å². The number of unbranched alkanes of at least 4 members (excludes halogenated alkanes) is 2. The van der Waals surface area contributed by atoms with Crippen molar-refractivity contribution in [3.63, 3.8) is 0 Å². The van der Waals surface area contributed by atoms with Crippen LogP contribution in [0, 0.1) is 0 Å². The molecule has 0 unspecified atom stereocenters. The van der Waals surface area contributed by atoms with Gasteiger partial charge in [0.25, 0.3) is 0 Å². The fourth-order valence-corrected chi connectivity index (χ4v) is 2.80. The Bertz CT molecular complexity index is 647. The number of nitrogens with two attached hydrogens (primary N) is 5. The normalized spacial score (nSPS) is 13.3. The molecular formula is C19H39N9O4. The van der Waals surface area contributed by atoms with Crippen molar-refractivity contribution in [3.8, 4) is 0 Å². The van der Waals surface area contributed by atoms with Crippen molar-refractivity contribution in [2.24, 2.45) is 38.7 Å². The predicted molar refractivity (Wildman–Crippen MR) is 123 cm³/mol. The molecule has 0 heterocycles. The smallest absolute Gasteiger partial charge is 0.326 e. The Morgan fingerprint density at radius 1 is 0.781 bits per heavy atom. The Morgan fingerprint density at radius 3 is 1.84 bits per heavy atom. The maximum absolute atomic E-state index is 12.8. The Balaban J connectivity index is 5.02. The Kier molecular flexibility index (Phi) is 15.0. The third-order valence-electron chi connectivity index (χ3n) is 4.59. The molecular weight excluding hydrogens is 418 g/mol. The van der Waals surface area contributed by atoms with E-state index in [1.54, 1.807) is 0 Å². The van der Waals surface area contributed by atoms with Gasteiger partial charge < -0.3 is 44.4 Å². The van der Waals surface area contributed by atoms with E-state index in [1.165, 1.54) is 0 Å². The summed E-state index contributed by atoms with van der Waals surface area (Å²) < 4.78 is 0. The summed E-state index contributed by atoms with van der Waals surface area (Å²) in [6.07, 6.45) is 3.98. The van der Waals surface area contributed by atoms with Crippen molar-refractivity contribution in [2.45, 2.75) is 76.4 Å². The van der Waals surface area contributed by atoms with Crippen LogP contribution in [0.3, 0.4) is 0 Å². The molecule has 184 valence electrons. The molecule has 0 radical (unpaired) electrons. The summed E-state index contributed by atoms with van der Waals surface area (Å²) in [5.74, 6) is -2.37. The van der Waals surface area contributed by atoms with Gasteiger partial charge in [0.1, 0.15) is 12.1 Å². The standard InChI is InChI=1S/C19H39N9O4/c1-2-3-7-12(20)15(29)27-13(9-6-11-26-19(23)24)16(30)28-14(17(31)32)8-4-5-10-25-18(21)22/h12-14H,2-11,20H2,1H3,(H,27,29)(H,28,30)(H,31,32)(H4,21,22,25)(H4,23,24,26)/t12-,13+,14-/m0/s1. The number of carboxylic acids is 1. The molecule has 32 heavy (non-hydrogen) atoms. The summed E-state index contributed by atoms with van der Waals surface area (Å²) in [6.45, 7) is 2.60. The molecule has 13 heteroatoms. The van der Waals surface area contributed by atoms with E-state index >= 15 is 0 Å². The zero-order chi connectivity index (χ0) is 24.5. The monoisotopic (exact) mass is 457 g/mol. The number of aliphatic imine (C=N–C) groups is 2. The van der Waals surface area contributed by atoms with Gasteiger partial charge in [-0.1, -0.05) is 19.8 Å². The topological polar surface area (TPSA) is 250 Å². The van der Waals surface area contributed by atoms with Crippen molar-refractivity contribution in [2.75, 3.05) is 13.1 Å². The van der Waals surface area contributed by atoms with E-state index in [1.807, 2.05) is 6.92 Å². The molecule has 2 amide bonds. The largest absolute Gasteiger partial charge is 0.480 e. The SMILES string of the molecule is CCCC[C@H](N)C(=O)N[C@H](CCCN=C(N)N)C(=O)N[C@@H](CCCCN=C(N)N)C(=O)O. The molecule has 0 aliphatic carbocycles. The molecule has 13 nitrogen and oxygen atoms in total. The summed E-state index contributed by atoms with van der Waals surface area (Å²) in [6, 6.07) is -2.84. The number of guanidine groups is 2. The van der Waals surface area contributed by atoms with Crippen LogP contribution < -0.4 is 39.3 Å². The third kappa shape index (κ3) is 14.0. The van der Waals surface area contributed by atoms with Gasteiger partial charge in [-0.25, -0.2) is 4.79 Å². The third-order valence-corrected chi connectivity index (χ3v) is 4.59. The van der Waals surface area contributed by atoms with Crippen molar-refractivity contribution in [3.05, 3.63) is 0 Å². The zero-order valence-electron chi connectivity index (χ0n) is 18.8. The molecule has 0 aliphatic heterocycles. The van der Waals surface area contributed by atoms with Crippen LogP contribution in [0.25, 0.3) is 0 Å². The lowest BCUT2D eigenvalue weighted by Crippen LogP contribution is -2.54. The minimum Gasteiger partial charge on any atom is -0.480 e. The second-order valence-electron chi connectivity index (χ2n) is 7.46. The molecule has 13 N–H and O–H groups in total. The molecule has 0 spiro atoms. The second-order valence-corrected chi connectivity index (χ2v) is 7.46. The van der Waals surface area contributed by atoms with Crippen LogP contribution in [0.2, 0.25) is 0 Å². The predicted octanol–water partition coefficient (Wildman–Crippen LogP) is -1.94. The number of nitrogens with one attached hydrogen (secondary N) is 2. The van der Waals surface area contributed by atoms with Gasteiger partial charge in [0.05, 0.1) is 6.04 Å². The Hall–Kier alpha value is -3.09. The van der Waals surface area contributed by atoms with Crippen LogP contribution in [0.5, 0.6) is 0 Å². The molecule has 0 saturated carbocycles. The van der Waals surface area contributed by atoms with E-state index in [4.69, 9.17) is 28.7 Å². The molecule has 0 aromatic heterocycles. The van der Waals surface area contributed by atoms with Crippen LogP contribution in [0.1, 0.15) is 58.3 Å². The average molecular weight is 458 g/mol. The molecule has 0 aromatic carbocycles. The number of carboxylic acid groups (broad SMARTS) is 1. The lowest BCUT2D eigenvalue weighted by atomic mass is 10.1. The van der Waals surface area contributed by atoms with Crippen LogP contribution in [-0.2, 0) is 14.4 Å². The number of nitrogens with zero attached hydrogens (tertiary/aromatic N) is 2. The van der Waals surface area contributed by atoms with E-state index in [0.29, 0.717) is 32.2 Å². The fourth-order valence-electron chi connectivity index (χ4n) is 2.80. The van der Waals surface area contributed by atoms with Gasteiger partial charge in [0.15, 0.2) is 11.9 Å². The van der Waals surface area contributed by atoms with Gasteiger partial charge in [-0.15, -0.1) is 0 Å². The minimum atomic E-state index is -1.18. The van der Waals surface area contributed by atoms with Crippen molar-refractivity contribution >= 4 is 29.7 Å². The average Bonchev–Trinajstić information content (AvgIpc) is 2.71. The van der Waals surface area contributed by atoms with Gasteiger partial charge >= 0.3 is 5.97 Å². The van der Waals surface area contributed by atoms with Crippen LogP contribution in [0.15, 0.2) is 9.98 Å². The number of hydrogen-bond donors (Lipinski definition) is 8. The highest BCUT2D eigenvalue weighted by Crippen LogP contribution is 2.06. The zero-order valence-corrected chi connectivity index (χ0v) is 18.8.